The van der Waals surface area contributed by atoms with Gasteiger partial charge in [-0.2, -0.15) is 0 Å². The number of ether oxygens (including phenoxy) is 1. The summed E-state index contributed by atoms with van der Waals surface area (Å²) in [5.41, 5.74) is 0.553. The molecular formula is C15H19FN2O3. The fourth-order valence-corrected chi connectivity index (χ4v) is 2.86. The summed E-state index contributed by atoms with van der Waals surface area (Å²) in [6.45, 7) is 0.283. The number of anilines is 1. The van der Waals surface area contributed by atoms with E-state index in [-0.39, 0.29) is 24.2 Å². The molecule has 1 fully saturated rings. The molecule has 0 saturated heterocycles. The molecule has 1 aliphatic carbocycles. The molecule has 1 aromatic rings. The number of nitrogens with one attached hydrogen (secondary N) is 2. The highest BCUT2D eigenvalue weighted by molar-refractivity contribution is 5.83. The van der Waals surface area contributed by atoms with Crippen LogP contribution in [0.2, 0.25) is 0 Å². The summed E-state index contributed by atoms with van der Waals surface area (Å²) in [4.78, 5) is 12.2. The SMILES string of the molecule is O=C(N[C@H]1CCCC[C@@H]1O)C1CNc2cccc(F)c2O1. The van der Waals surface area contributed by atoms with Crippen LogP contribution >= 0.6 is 0 Å². The van der Waals surface area contributed by atoms with Crippen LogP contribution in [0.4, 0.5) is 10.1 Å². The van der Waals surface area contributed by atoms with Crippen molar-refractivity contribution in [3.05, 3.63) is 24.0 Å². The van der Waals surface area contributed by atoms with Gasteiger partial charge in [-0.1, -0.05) is 18.9 Å². The summed E-state index contributed by atoms with van der Waals surface area (Å²) in [6.07, 6.45) is 2.13. The van der Waals surface area contributed by atoms with Gasteiger partial charge in [0.1, 0.15) is 0 Å². The first-order chi connectivity index (χ1) is 10.1. The van der Waals surface area contributed by atoms with Crippen molar-refractivity contribution in [3.8, 4) is 5.75 Å². The van der Waals surface area contributed by atoms with E-state index in [0.717, 1.165) is 19.3 Å². The van der Waals surface area contributed by atoms with E-state index >= 15 is 0 Å². The van der Waals surface area contributed by atoms with Gasteiger partial charge in [0.2, 0.25) is 0 Å². The third-order valence-electron chi connectivity index (χ3n) is 4.05. The second-order valence-corrected chi connectivity index (χ2v) is 5.57. The van der Waals surface area contributed by atoms with Gasteiger partial charge in [-0.25, -0.2) is 4.39 Å². The molecule has 3 atom stereocenters. The highest BCUT2D eigenvalue weighted by Crippen LogP contribution is 2.31. The molecule has 1 heterocycles. The Bertz CT molecular complexity index is 538. The molecule has 1 unspecified atom stereocenters. The maximum absolute atomic E-state index is 13.7. The second-order valence-electron chi connectivity index (χ2n) is 5.57. The van der Waals surface area contributed by atoms with Crippen LogP contribution < -0.4 is 15.4 Å². The van der Waals surface area contributed by atoms with Crippen LogP contribution in [0.3, 0.4) is 0 Å². The van der Waals surface area contributed by atoms with Crippen molar-refractivity contribution in [2.24, 2.45) is 0 Å². The molecule has 2 aliphatic rings. The quantitative estimate of drug-likeness (QED) is 0.771. The third kappa shape index (κ3) is 2.95. The number of hydrogen-bond donors (Lipinski definition) is 3. The molecule has 1 aromatic carbocycles. The molecule has 5 nitrogen and oxygen atoms in total. The normalized spacial score (nSPS) is 28.0. The predicted octanol–water partition coefficient (Wildman–Crippen LogP) is 1.42. The third-order valence-corrected chi connectivity index (χ3v) is 4.05. The number of carbonyl (C=O) groups is 1. The van der Waals surface area contributed by atoms with Gasteiger partial charge in [-0.05, 0) is 25.0 Å². The van der Waals surface area contributed by atoms with Crippen LogP contribution in [0.1, 0.15) is 25.7 Å². The molecule has 0 radical (unpaired) electrons. The molecule has 21 heavy (non-hydrogen) atoms. The number of aliphatic hydroxyl groups is 1. The zero-order valence-corrected chi connectivity index (χ0v) is 11.6. The fraction of sp³-hybridized carbons (Fsp3) is 0.533. The lowest BCUT2D eigenvalue weighted by Gasteiger charge is -2.31. The Hall–Kier alpha value is -1.82. The molecule has 0 aromatic heterocycles. The average molecular weight is 294 g/mol. The molecule has 3 rings (SSSR count). The van der Waals surface area contributed by atoms with E-state index in [9.17, 15) is 14.3 Å². The number of hydrogen-bond acceptors (Lipinski definition) is 4. The van der Waals surface area contributed by atoms with Gasteiger partial charge in [0.15, 0.2) is 17.7 Å². The van der Waals surface area contributed by atoms with Crippen molar-refractivity contribution in [1.82, 2.24) is 5.32 Å². The summed E-state index contributed by atoms with van der Waals surface area (Å²) >= 11 is 0. The summed E-state index contributed by atoms with van der Waals surface area (Å²) in [5, 5.41) is 15.7. The van der Waals surface area contributed by atoms with E-state index < -0.39 is 18.0 Å². The van der Waals surface area contributed by atoms with Gasteiger partial charge in [-0.15, -0.1) is 0 Å². The number of halogens is 1. The van der Waals surface area contributed by atoms with Crippen molar-refractivity contribution < 1.29 is 19.0 Å². The van der Waals surface area contributed by atoms with Gasteiger partial charge in [-0.3, -0.25) is 4.79 Å². The maximum Gasteiger partial charge on any atom is 0.263 e. The molecule has 114 valence electrons. The molecule has 0 bridgehead atoms. The highest BCUT2D eigenvalue weighted by atomic mass is 19.1. The van der Waals surface area contributed by atoms with Gasteiger partial charge in [0.25, 0.3) is 5.91 Å². The first-order valence-electron chi connectivity index (χ1n) is 7.32. The van der Waals surface area contributed by atoms with Crippen molar-refractivity contribution in [1.29, 1.82) is 0 Å². The molecule has 1 amide bonds. The Morgan fingerprint density at radius 2 is 2.19 bits per heavy atom. The van der Waals surface area contributed by atoms with Gasteiger partial charge < -0.3 is 20.5 Å². The van der Waals surface area contributed by atoms with E-state index in [0.29, 0.717) is 12.1 Å². The zero-order valence-electron chi connectivity index (χ0n) is 11.6. The molecule has 3 N–H and O–H groups in total. The smallest absolute Gasteiger partial charge is 0.263 e. The first-order valence-corrected chi connectivity index (χ1v) is 7.32. The van der Waals surface area contributed by atoms with Gasteiger partial charge in [0.05, 0.1) is 24.4 Å². The Balaban J connectivity index is 1.65. The Morgan fingerprint density at radius 3 is 3.00 bits per heavy atom. The zero-order chi connectivity index (χ0) is 14.8. The standard InChI is InChI=1S/C15H19FN2O3/c16-9-4-3-6-11-14(9)21-13(8-17-11)15(20)18-10-5-1-2-7-12(10)19/h3-4,6,10,12-13,17,19H,1-2,5,7-8H2,(H,18,20)/t10-,12-,13?/m0/s1. The van der Waals surface area contributed by atoms with Crippen LogP contribution in [0.25, 0.3) is 0 Å². The van der Waals surface area contributed by atoms with E-state index in [1.54, 1.807) is 12.1 Å². The average Bonchev–Trinajstić information content (AvgIpc) is 2.50. The lowest BCUT2D eigenvalue weighted by Crippen LogP contribution is -2.52. The molecule has 1 saturated carbocycles. The Kier molecular flexibility index (Phi) is 3.96. The van der Waals surface area contributed by atoms with Crippen LogP contribution in [-0.4, -0.2) is 35.8 Å². The van der Waals surface area contributed by atoms with E-state index in [1.807, 2.05) is 0 Å². The van der Waals surface area contributed by atoms with Gasteiger partial charge >= 0.3 is 0 Å². The lowest BCUT2D eigenvalue weighted by molar-refractivity contribution is -0.129. The van der Waals surface area contributed by atoms with Crippen molar-refractivity contribution in [2.75, 3.05) is 11.9 Å². The van der Waals surface area contributed by atoms with Crippen LogP contribution in [0.15, 0.2) is 18.2 Å². The minimum absolute atomic E-state index is 0.0769. The maximum atomic E-state index is 13.7. The van der Waals surface area contributed by atoms with Crippen molar-refractivity contribution >= 4 is 11.6 Å². The highest BCUT2D eigenvalue weighted by Gasteiger charge is 2.31. The molecule has 0 spiro atoms. The largest absolute Gasteiger partial charge is 0.473 e. The topological polar surface area (TPSA) is 70.6 Å². The van der Waals surface area contributed by atoms with Crippen LogP contribution in [0.5, 0.6) is 5.75 Å². The minimum Gasteiger partial charge on any atom is -0.473 e. The lowest BCUT2D eigenvalue weighted by atomic mass is 9.92. The molecular weight excluding hydrogens is 275 g/mol. The number of para-hydroxylation sites is 1. The van der Waals surface area contributed by atoms with E-state index in [4.69, 9.17) is 4.74 Å². The number of carbonyl (C=O) groups excluding carboxylic acids is 1. The molecule has 6 heteroatoms. The second kappa shape index (κ2) is 5.89. The van der Waals surface area contributed by atoms with Crippen molar-refractivity contribution in [2.45, 2.75) is 43.9 Å². The number of benzene rings is 1. The summed E-state index contributed by atoms with van der Waals surface area (Å²) in [5.74, 6) is -0.731. The Labute approximate surface area is 122 Å². The van der Waals surface area contributed by atoms with Crippen LogP contribution in [0, 0.1) is 5.82 Å². The first kappa shape index (κ1) is 14.1. The number of fused-ring (bicyclic) bond motifs is 1. The van der Waals surface area contributed by atoms with Crippen molar-refractivity contribution in [3.63, 3.8) is 0 Å². The van der Waals surface area contributed by atoms with E-state index in [2.05, 4.69) is 10.6 Å². The van der Waals surface area contributed by atoms with Crippen LogP contribution in [-0.2, 0) is 4.79 Å². The fourth-order valence-electron chi connectivity index (χ4n) is 2.86. The van der Waals surface area contributed by atoms with E-state index in [1.165, 1.54) is 6.07 Å². The summed E-state index contributed by atoms with van der Waals surface area (Å²) < 4.78 is 19.2. The molecule has 1 aliphatic heterocycles. The number of aliphatic hydroxyl groups excluding tert-OH is 1. The number of amides is 1. The summed E-state index contributed by atoms with van der Waals surface area (Å²) in [7, 11) is 0. The Morgan fingerprint density at radius 1 is 1.38 bits per heavy atom. The monoisotopic (exact) mass is 294 g/mol. The predicted molar refractivity (Wildman–Crippen MR) is 75.7 cm³/mol. The van der Waals surface area contributed by atoms with Gasteiger partial charge in [0, 0.05) is 0 Å². The number of rotatable bonds is 2. The summed E-state index contributed by atoms with van der Waals surface area (Å²) in [6, 6.07) is 4.35. The minimum atomic E-state index is -0.788.